The third-order valence-electron chi connectivity index (χ3n) is 3.33. The number of carboxylic acid groups (broad SMARTS) is 1. The van der Waals surface area contributed by atoms with Crippen molar-refractivity contribution in [2.45, 2.75) is 25.7 Å². The van der Waals surface area contributed by atoms with Crippen LogP contribution in [0.5, 0.6) is 0 Å². The van der Waals surface area contributed by atoms with Gasteiger partial charge in [0.1, 0.15) is 5.57 Å². The molecule has 3 nitrogen and oxygen atoms in total. The van der Waals surface area contributed by atoms with Gasteiger partial charge in [-0.3, -0.25) is 4.79 Å². The van der Waals surface area contributed by atoms with E-state index in [-0.39, 0.29) is 17.3 Å². The lowest BCUT2D eigenvalue weighted by Gasteiger charge is -2.08. The number of ketones is 1. The van der Waals surface area contributed by atoms with Gasteiger partial charge in [0.25, 0.3) is 0 Å². The van der Waals surface area contributed by atoms with Gasteiger partial charge in [0.15, 0.2) is 5.78 Å². The van der Waals surface area contributed by atoms with Crippen molar-refractivity contribution in [1.82, 2.24) is 0 Å². The van der Waals surface area contributed by atoms with Crippen molar-refractivity contribution in [2.75, 3.05) is 0 Å². The molecule has 2 rings (SSSR count). The second kappa shape index (κ2) is 5.63. The van der Waals surface area contributed by atoms with E-state index in [4.69, 9.17) is 0 Å². The number of benzene rings is 1. The number of hydrogen-bond donors (Lipinski definition) is 1. The first kappa shape index (κ1) is 12.6. The number of aliphatic carboxylic acids is 1. The summed E-state index contributed by atoms with van der Waals surface area (Å²) >= 11 is 0. The van der Waals surface area contributed by atoms with Crippen LogP contribution in [0.3, 0.4) is 0 Å². The van der Waals surface area contributed by atoms with Gasteiger partial charge in [-0.25, -0.2) is 4.79 Å². The Kier molecular flexibility index (Phi) is 3.92. The van der Waals surface area contributed by atoms with Crippen molar-refractivity contribution in [3.63, 3.8) is 0 Å². The molecule has 1 aromatic carbocycles. The number of rotatable bonds is 4. The quantitative estimate of drug-likeness (QED) is 0.503. The molecule has 1 aliphatic rings. The summed E-state index contributed by atoms with van der Waals surface area (Å²) < 4.78 is 0. The molecule has 1 fully saturated rings. The Hall–Kier alpha value is -1.90. The van der Waals surface area contributed by atoms with E-state index in [1.165, 1.54) is 6.08 Å². The molecule has 0 radical (unpaired) electrons. The van der Waals surface area contributed by atoms with Crippen LogP contribution in [0.4, 0.5) is 0 Å². The van der Waals surface area contributed by atoms with E-state index in [0.717, 1.165) is 31.2 Å². The van der Waals surface area contributed by atoms with Gasteiger partial charge in [0.2, 0.25) is 0 Å². The number of hydrogen-bond acceptors (Lipinski definition) is 2. The van der Waals surface area contributed by atoms with Crippen molar-refractivity contribution in [3.8, 4) is 0 Å². The average Bonchev–Trinajstić information content (AvgIpc) is 2.90. The first-order valence-corrected chi connectivity index (χ1v) is 6.23. The van der Waals surface area contributed by atoms with Crippen molar-refractivity contribution >= 4 is 17.8 Å². The Morgan fingerprint density at radius 1 is 1.11 bits per heavy atom. The summed E-state index contributed by atoms with van der Waals surface area (Å²) in [7, 11) is 0. The predicted octanol–water partition coefficient (Wildman–Crippen LogP) is 2.91. The lowest BCUT2D eigenvalue weighted by molar-refractivity contribution is -0.135. The first-order chi connectivity index (χ1) is 8.68. The molecule has 1 aliphatic carbocycles. The Balaban J connectivity index is 2.25. The highest BCUT2D eigenvalue weighted by atomic mass is 16.4. The number of carboxylic acids is 1. The number of Topliss-reactive ketones (excluding diaryl/α,β-unsaturated/α-hetero) is 1. The zero-order chi connectivity index (χ0) is 13.0. The molecule has 0 spiro atoms. The highest BCUT2D eigenvalue weighted by Gasteiger charge is 2.28. The lowest BCUT2D eigenvalue weighted by atomic mass is 9.95. The van der Waals surface area contributed by atoms with Gasteiger partial charge in [-0.15, -0.1) is 0 Å². The molecule has 0 aromatic heterocycles. The first-order valence-electron chi connectivity index (χ1n) is 6.23. The molecule has 1 aromatic rings. The summed E-state index contributed by atoms with van der Waals surface area (Å²) in [6.45, 7) is 0. The van der Waals surface area contributed by atoms with E-state index < -0.39 is 5.97 Å². The molecule has 1 saturated carbocycles. The fraction of sp³-hybridized carbons (Fsp3) is 0.333. The van der Waals surface area contributed by atoms with Crippen molar-refractivity contribution in [3.05, 3.63) is 41.5 Å². The van der Waals surface area contributed by atoms with Gasteiger partial charge < -0.3 is 5.11 Å². The van der Waals surface area contributed by atoms with Crippen LogP contribution in [0.15, 0.2) is 35.9 Å². The standard InChI is InChI=1S/C15H16O3/c16-14(12-8-4-5-9-12)13(15(17)18)10-11-6-2-1-3-7-11/h1-3,6-7,10,12H,4-5,8-9H2,(H,17,18). The van der Waals surface area contributed by atoms with Gasteiger partial charge in [-0.1, -0.05) is 43.2 Å². The third kappa shape index (κ3) is 2.86. The van der Waals surface area contributed by atoms with Crippen LogP contribution >= 0.6 is 0 Å². The van der Waals surface area contributed by atoms with Crippen LogP contribution in [0.1, 0.15) is 31.2 Å². The molecule has 0 unspecified atom stereocenters. The largest absolute Gasteiger partial charge is 0.478 e. The van der Waals surface area contributed by atoms with Crippen LogP contribution in [0.25, 0.3) is 6.08 Å². The van der Waals surface area contributed by atoms with E-state index >= 15 is 0 Å². The fourth-order valence-corrected chi connectivity index (χ4v) is 2.36. The molecule has 0 aliphatic heterocycles. The van der Waals surface area contributed by atoms with Crippen molar-refractivity contribution < 1.29 is 14.7 Å². The van der Waals surface area contributed by atoms with Crippen LogP contribution in [-0.4, -0.2) is 16.9 Å². The Morgan fingerprint density at radius 2 is 1.72 bits per heavy atom. The van der Waals surface area contributed by atoms with Gasteiger partial charge >= 0.3 is 5.97 Å². The summed E-state index contributed by atoms with van der Waals surface area (Å²) in [6, 6.07) is 9.10. The normalized spacial score (nSPS) is 16.8. The van der Waals surface area contributed by atoms with Crippen LogP contribution < -0.4 is 0 Å². The molecular formula is C15H16O3. The molecule has 0 bridgehead atoms. The predicted molar refractivity (Wildman–Crippen MR) is 69.0 cm³/mol. The Bertz CT molecular complexity index is 468. The minimum absolute atomic E-state index is 0.0897. The van der Waals surface area contributed by atoms with Crippen LogP contribution in [0, 0.1) is 5.92 Å². The summed E-state index contributed by atoms with van der Waals surface area (Å²) in [5, 5.41) is 9.18. The Labute approximate surface area is 106 Å². The van der Waals surface area contributed by atoms with E-state index in [0.29, 0.717) is 0 Å². The monoisotopic (exact) mass is 244 g/mol. The number of carbonyl (C=O) groups excluding carboxylic acids is 1. The Morgan fingerprint density at radius 3 is 2.28 bits per heavy atom. The maximum absolute atomic E-state index is 12.1. The van der Waals surface area contributed by atoms with E-state index in [2.05, 4.69) is 0 Å². The zero-order valence-electron chi connectivity index (χ0n) is 10.1. The summed E-state index contributed by atoms with van der Waals surface area (Å²) in [5.41, 5.74) is 0.661. The van der Waals surface area contributed by atoms with E-state index in [1.54, 1.807) is 12.1 Å². The summed E-state index contributed by atoms with van der Waals surface area (Å²) in [4.78, 5) is 23.4. The SMILES string of the molecule is O=C(O)C(=Cc1ccccc1)C(=O)C1CCCC1. The molecule has 18 heavy (non-hydrogen) atoms. The van der Waals surface area contributed by atoms with Crippen molar-refractivity contribution in [2.24, 2.45) is 5.92 Å². The summed E-state index contributed by atoms with van der Waals surface area (Å²) in [5.74, 6) is -1.45. The topological polar surface area (TPSA) is 54.4 Å². The second-order valence-corrected chi connectivity index (χ2v) is 4.62. The molecular weight excluding hydrogens is 228 g/mol. The molecule has 0 atom stereocenters. The van der Waals surface area contributed by atoms with Gasteiger partial charge in [-0.2, -0.15) is 0 Å². The van der Waals surface area contributed by atoms with Gasteiger partial charge in [0.05, 0.1) is 0 Å². The van der Waals surface area contributed by atoms with Crippen molar-refractivity contribution in [1.29, 1.82) is 0 Å². The average molecular weight is 244 g/mol. The molecule has 3 heteroatoms. The van der Waals surface area contributed by atoms with Gasteiger partial charge in [0, 0.05) is 5.92 Å². The minimum atomic E-state index is -1.13. The van der Waals surface area contributed by atoms with E-state index in [1.807, 2.05) is 18.2 Å². The highest BCUT2D eigenvalue weighted by Crippen LogP contribution is 2.28. The number of carbonyl (C=O) groups is 2. The lowest BCUT2D eigenvalue weighted by Crippen LogP contribution is -2.19. The molecule has 0 amide bonds. The highest BCUT2D eigenvalue weighted by molar-refractivity contribution is 6.20. The molecule has 1 N–H and O–H groups in total. The molecule has 0 heterocycles. The van der Waals surface area contributed by atoms with E-state index in [9.17, 15) is 14.7 Å². The van der Waals surface area contributed by atoms with Crippen LogP contribution in [0.2, 0.25) is 0 Å². The summed E-state index contributed by atoms with van der Waals surface area (Å²) in [6.07, 6.45) is 5.16. The van der Waals surface area contributed by atoms with Crippen LogP contribution in [-0.2, 0) is 9.59 Å². The maximum atomic E-state index is 12.1. The minimum Gasteiger partial charge on any atom is -0.478 e. The fourth-order valence-electron chi connectivity index (χ4n) is 2.36. The third-order valence-corrected chi connectivity index (χ3v) is 3.33. The maximum Gasteiger partial charge on any atom is 0.339 e. The molecule has 94 valence electrons. The smallest absolute Gasteiger partial charge is 0.339 e. The van der Waals surface area contributed by atoms with Gasteiger partial charge in [-0.05, 0) is 24.5 Å². The second-order valence-electron chi connectivity index (χ2n) is 4.62. The molecule has 0 saturated heterocycles. The zero-order valence-corrected chi connectivity index (χ0v) is 10.1.